The molecule has 1 heterocycles. The quantitative estimate of drug-likeness (QED) is 0.579. The molecule has 1 amide bonds. The Morgan fingerprint density at radius 2 is 1.95 bits per heavy atom. The van der Waals surface area contributed by atoms with Crippen LogP contribution in [0.1, 0.15) is 27.2 Å². The van der Waals surface area contributed by atoms with Crippen LogP contribution < -0.4 is 0 Å². The third-order valence-corrected chi connectivity index (χ3v) is 3.23. The van der Waals surface area contributed by atoms with Gasteiger partial charge >= 0.3 is 0 Å². The van der Waals surface area contributed by atoms with Crippen LogP contribution in [-0.2, 0) is 14.3 Å². The molecular formula is C13H21Cl2NO3. The molecule has 1 fully saturated rings. The molecule has 0 aromatic carbocycles. The van der Waals surface area contributed by atoms with Crippen molar-refractivity contribution in [1.82, 2.24) is 4.90 Å². The predicted octanol–water partition coefficient (Wildman–Crippen LogP) is 2.73. The number of nitrogens with zero attached hydrogens (tertiary/aromatic N) is 1. The predicted molar refractivity (Wildman–Crippen MR) is 76.4 cm³/mol. The lowest BCUT2D eigenvalue weighted by Crippen LogP contribution is -2.46. The Bertz CT molecular complexity index is 313. The van der Waals surface area contributed by atoms with E-state index in [2.05, 4.69) is 0 Å². The summed E-state index contributed by atoms with van der Waals surface area (Å²) in [6, 6.07) is 0. The van der Waals surface area contributed by atoms with Crippen LogP contribution in [0.4, 0.5) is 0 Å². The molecule has 0 bridgehead atoms. The van der Waals surface area contributed by atoms with E-state index in [1.54, 1.807) is 4.90 Å². The van der Waals surface area contributed by atoms with Crippen molar-refractivity contribution in [3.63, 3.8) is 0 Å². The lowest BCUT2D eigenvalue weighted by Gasteiger charge is -2.35. The fraction of sp³-hybridized carbons (Fsp3) is 0.769. The topological polar surface area (TPSA) is 38.8 Å². The minimum absolute atomic E-state index is 0.121. The van der Waals surface area contributed by atoms with Gasteiger partial charge < -0.3 is 14.4 Å². The maximum Gasteiger partial charge on any atom is 0.256 e. The number of alkyl halides is 2. The van der Waals surface area contributed by atoms with Crippen molar-refractivity contribution in [2.45, 2.75) is 50.5 Å². The van der Waals surface area contributed by atoms with Gasteiger partial charge in [0.1, 0.15) is 0 Å². The Morgan fingerprint density at radius 3 is 2.42 bits per heavy atom. The van der Waals surface area contributed by atoms with Gasteiger partial charge in [0.15, 0.2) is 11.1 Å². The molecule has 0 aromatic heterocycles. The molecule has 0 N–H and O–H groups in total. The van der Waals surface area contributed by atoms with E-state index in [0.29, 0.717) is 13.1 Å². The van der Waals surface area contributed by atoms with Gasteiger partial charge in [0.05, 0.1) is 18.8 Å². The number of halogens is 2. The average molecular weight is 310 g/mol. The minimum Gasteiger partial charge on any atom is -0.348 e. The molecule has 2 unspecified atom stereocenters. The van der Waals surface area contributed by atoms with Gasteiger partial charge in [-0.25, -0.2) is 0 Å². The number of hydrogen-bond donors (Lipinski definition) is 0. The number of hydrogen-bond acceptors (Lipinski definition) is 3. The summed E-state index contributed by atoms with van der Waals surface area (Å²) in [5.74, 6) is -0.334. The third-order valence-electron chi connectivity index (χ3n) is 2.86. The molecule has 0 aliphatic carbocycles. The molecule has 0 aromatic rings. The summed E-state index contributed by atoms with van der Waals surface area (Å²) in [5.41, 5.74) is 0. The molecule has 2 atom stereocenters. The molecule has 4 nitrogen and oxygen atoms in total. The summed E-state index contributed by atoms with van der Waals surface area (Å²) in [6.45, 7) is 6.65. The highest BCUT2D eigenvalue weighted by molar-refractivity contribution is 6.53. The number of rotatable bonds is 5. The first-order valence-corrected chi connectivity index (χ1v) is 7.30. The van der Waals surface area contributed by atoms with Crippen molar-refractivity contribution >= 4 is 29.1 Å². The summed E-state index contributed by atoms with van der Waals surface area (Å²) in [7, 11) is 0. The Labute approximate surface area is 124 Å². The first kappa shape index (κ1) is 16.8. The third kappa shape index (κ3) is 5.69. The lowest BCUT2D eigenvalue weighted by atomic mass is 10.2. The van der Waals surface area contributed by atoms with Crippen molar-refractivity contribution in [3.8, 4) is 0 Å². The molecule has 1 saturated heterocycles. The van der Waals surface area contributed by atoms with Crippen LogP contribution in [0.2, 0.25) is 0 Å². The largest absolute Gasteiger partial charge is 0.348 e. The number of carbonyl (C=O) groups is 1. The Balaban J connectivity index is 2.62. The monoisotopic (exact) mass is 309 g/mol. The molecular weight excluding hydrogens is 289 g/mol. The molecule has 1 aliphatic rings. The Kier molecular flexibility index (Phi) is 7.15. The molecule has 6 heteroatoms. The lowest BCUT2D eigenvalue weighted by molar-refractivity contribution is -0.238. The highest BCUT2D eigenvalue weighted by Gasteiger charge is 2.29. The molecule has 110 valence electrons. The van der Waals surface area contributed by atoms with Gasteiger partial charge in [-0.15, -0.1) is 0 Å². The van der Waals surface area contributed by atoms with Crippen LogP contribution >= 0.6 is 23.2 Å². The van der Waals surface area contributed by atoms with Crippen molar-refractivity contribution in [2.75, 3.05) is 13.1 Å². The SMILES string of the molecule is CC=CCN(CC1OC(C)CC(C)O1)C(=O)C(Cl)Cl. The summed E-state index contributed by atoms with van der Waals surface area (Å²) >= 11 is 11.3. The van der Waals surface area contributed by atoms with E-state index < -0.39 is 11.1 Å². The van der Waals surface area contributed by atoms with E-state index >= 15 is 0 Å². The second kappa shape index (κ2) is 8.10. The molecule has 19 heavy (non-hydrogen) atoms. The van der Waals surface area contributed by atoms with Crippen LogP contribution in [-0.4, -0.2) is 47.2 Å². The van der Waals surface area contributed by atoms with Crippen LogP contribution in [0, 0.1) is 0 Å². The number of amides is 1. The molecule has 1 aliphatic heterocycles. The van der Waals surface area contributed by atoms with Gasteiger partial charge in [0, 0.05) is 6.54 Å². The van der Waals surface area contributed by atoms with E-state index in [1.165, 1.54) is 0 Å². The molecule has 0 radical (unpaired) electrons. The summed E-state index contributed by atoms with van der Waals surface area (Å²) in [4.78, 5) is 12.4. The number of allylic oxidation sites excluding steroid dienone is 1. The van der Waals surface area contributed by atoms with Gasteiger partial charge in [-0.1, -0.05) is 35.4 Å². The van der Waals surface area contributed by atoms with Crippen molar-refractivity contribution in [1.29, 1.82) is 0 Å². The van der Waals surface area contributed by atoms with Gasteiger partial charge in [-0.05, 0) is 27.2 Å². The van der Waals surface area contributed by atoms with E-state index in [9.17, 15) is 4.79 Å². The maximum atomic E-state index is 11.9. The van der Waals surface area contributed by atoms with Gasteiger partial charge in [-0.2, -0.15) is 0 Å². The first-order chi connectivity index (χ1) is 8.93. The molecule has 0 spiro atoms. The van der Waals surface area contributed by atoms with E-state index in [1.807, 2.05) is 32.9 Å². The van der Waals surface area contributed by atoms with Gasteiger partial charge in [0.25, 0.3) is 5.91 Å². The van der Waals surface area contributed by atoms with Crippen LogP contribution in [0.15, 0.2) is 12.2 Å². The maximum absolute atomic E-state index is 11.9. The van der Waals surface area contributed by atoms with Crippen molar-refractivity contribution < 1.29 is 14.3 Å². The van der Waals surface area contributed by atoms with Gasteiger partial charge in [-0.3, -0.25) is 4.79 Å². The standard InChI is InChI=1S/C13H21Cl2NO3/c1-4-5-6-16(13(17)12(14)15)8-11-18-9(2)7-10(3)19-11/h4-5,9-12H,6-8H2,1-3H3. The van der Waals surface area contributed by atoms with Crippen molar-refractivity contribution in [3.05, 3.63) is 12.2 Å². The summed E-state index contributed by atoms with van der Waals surface area (Å²) in [5, 5.41) is 0. The van der Waals surface area contributed by atoms with Crippen LogP contribution in [0.3, 0.4) is 0 Å². The summed E-state index contributed by atoms with van der Waals surface area (Å²) in [6.07, 6.45) is 4.40. The Morgan fingerprint density at radius 1 is 1.37 bits per heavy atom. The van der Waals surface area contributed by atoms with Crippen molar-refractivity contribution in [2.24, 2.45) is 0 Å². The zero-order valence-corrected chi connectivity index (χ0v) is 13.0. The number of ether oxygens (including phenoxy) is 2. The van der Waals surface area contributed by atoms with Crippen LogP contribution in [0.5, 0.6) is 0 Å². The second-order valence-electron chi connectivity index (χ2n) is 4.67. The highest BCUT2D eigenvalue weighted by Crippen LogP contribution is 2.19. The summed E-state index contributed by atoms with van der Waals surface area (Å²) < 4.78 is 11.3. The average Bonchev–Trinajstić information content (AvgIpc) is 2.32. The molecule has 0 saturated carbocycles. The fourth-order valence-corrected chi connectivity index (χ4v) is 2.30. The smallest absolute Gasteiger partial charge is 0.256 e. The minimum atomic E-state index is -1.07. The first-order valence-electron chi connectivity index (χ1n) is 6.43. The van der Waals surface area contributed by atoms with E-state index in [4.69, 9.17) is 32.7 Å². The fourth-order valence-electron chi connectivity index (χ4n) is 2.02. The van der Waals surface area contributed by atoms with E-state index in [-0.39, 0.29) is 18.1 Å². The van der Waals surface area contributed by atoms with Crippen LogP contribution in [0.25, 0.3) is 0 Å². The van der Waals surface area contributed by atoms with Gasteiger partial charge in [0.2, 0.25) is 0 Å². The number of carbonyl (C=O) groups excluding carboxylic acids is 1. The zero-order chi connectivity index (χ0) is 14.4. The second-order valence-corrected chi connectivity index (χ2v) is 5.77. The normalized spacial score (nSPS) is 28.0. The highest BCUT2D eigenvalue weighted by atomic mass is 35.5. The zero-order valence-electron chi connectivity index (χ0n) is 11.5. The van der Waals surface area contributed by atoms with E-state index in [0.717, 1.165) is 6.42 Å². The Hall–Kier alpha value is -0.290. The molecule has 1 rings (SSSR count).